The van der Waals surface area contributed by atoms with E-state index in [2.05, 4.69) is 20.8 Å². The minimum atomic E-state index is -0.265. The van der Waals surface area contributed by atoms with Crippen LogP contribution in [-0.2, 0) is 22.6 Å². The molecule has 0 bridgehead atoms. The third kappa shape index (κ3) is 5.82. The number of benzene rings is 1. The highest BCUT2D eigenvalue weighted by Crippen LogP contribution is 2.24. The highest BCUT2D eigenvalue weighted by molar-refractivity contribution is 8.00. The van der Waals surface area contributed by atoms with E-state index in [4.69, 9.17) is 0 Å². The van der Waals surface area contributed by atoms with Gasteiger partial charge < -0.3 is 15.2 Å². The van der Waals surface area contributed by atoms with Gasteiger partial charge in [0.15, 0.2) is 5.16 Å². The van der Waals surface area contributed by atoms with Crippen LogP contribution in [0, 0.1) is 6.92 Å². The van der Waals surface area contributed by atoms with Crippen LogP contribution in [0.4, 0.5) is 5.69 Å². The summed E-state index contributed by atoms with van der Waals surface area (Å²) in [6.45, 7) is 6.49. The molecule has 1 aromatic carbocycles. The Bertz CT molecular complexity index is 861. The largest absolute Gasteiger partial charge is 0.352 e. The van der Waals surface area contributed by atoms with Crippen molar-refractivity contribution >= 4 is 29.3 Å². The van der Waals surface area contributed by atoms with E-state index in [0.29, 0.717) is 23.6 Å². The molecule has 0 saturated heterocycles. The van der Waals surface area contributed by atoms with Crippen molar-refractivity contribution in [1.82, 2.24) is 20.1 Å². The van der Waals surface area contributed by atoms with E-state index in [1.807, 2.05) is 49.6 Å². The zero-order valence-electron chi connectivity index (χ0n) is 17.3. The average Bonchev–Trinajstić information content (AvgIpc) is 3.31. The molecule has 0 spiro atoms. The molecule has 0 radical (unpaired) electrons. The summed E-state index contributed by atoms with van der Waals surface area (Å²) >= 11 is 1.39. The van der Waals surface area contributed by atoms with Gasteiger partial charge in [0.05, 0.1) is 11.7 Å². The number of aromatic nitrogens is 3. The molecule has 1 aromatic heterocycles. The maximum absolute atomic E-state index is 12.5. The topological polar surface area (TPSA) is 88.9 Å². The number of thioether (sulfide) groups is 1. The van der Waals surface area contributed by atoms with E-state index in [9.17, 15) is 9.59 Å². The summed E-state index contributed by atoms with van der Waals surface area (Å²) in [5, 5.41) is 14.9. The first-order chi connectivity index (χ1) is 14.0. The van der Waals surface area contributed by atoms with E-state index in [-0.39, 0.29) is 23.5 Å². The molecule has 156 valence electrons. The Morgan fingerprint density at radius 3 is 2.72 bits per heavy atom. The smallest absolute Gasteiger partial charge is 0.233 e. The predicted molar refractivity (Wildman–Crippen MR) is 115 cm³/mol. The first kappa shape index (κ1) is 21.4. The molecule has 1 aliphatic carbocycles. The minimum Gasteiger partial charge on any atom is -0.352 e. The molecule has 8 heteroatoms. The van der Waals surface area contributed by atoms with Crippen LogP contribution in [-0.4, -0.2) is 37.9 Å². The summed E-state index contributed by atoms with van der Waals surface area (Å²) in [7, 11) is 0. The number of aryl methyl sites for hydroxylation is 1. The fraction of sp³-hybridized carbons (Fsp3) is 0.524. The van der Waals surface area contributed by atoms with E-state index in [1.165, 1.54) is 24.6 Å². The monoisotopic (exact) mass is 415 g/mol. The summed E-state index contributed by atoms with van der Waals surface area (Å²) in [6.07, 6.45) is 4.64. The zero-order valence-corrected chi connectivity index (χ0v) is 18.1. The number of anilines is 1. The third-order valence-corrected chi connectivity index (χ3v) is 6.16. The second-order valence-corrected chi connectivity index (χ2v) is 8.80. The fourth-order valence-corrected chi connectivity index (χ4v) is 4.47. The molecule has 1 atom stereocenters. The number of hydrogen-bond donors (Lipinski definition) is 2. The fourth-order valence-electron chi connectivity index (χ4n) is 3.53. The lowest BCUT2D eigenvalue weighted by Gasteiger charge is -2.16. The summed E-state index contributed by atoms with van der Waals surface area (Å²) in [6, 6.07) is 7.98. The molecular weight excluding hydrogens is 386 g/mol. The molecule has 0 aliphatic heterocycles. The van der Waals surface area contributed by atoms with Crippen LogP contribution < -0.4 is 10.6 Å². The maximum Gasteiger partial charge on any atom is 0.233 e. The van der Waals surface area contributed by atoms with Gasteiger partial charge in [-0.2, -0.15) is 0 Å². The molecule has 2 amide bonds. The summed E-state index contributed by atoms with van der Waals surface area (Å²) in [5.74, 6) is 0.496. The van der Waals surface area contributed by atoms with Crippen LogP contribution >= 0.6 is 11.8 Å². The van der Waals surface area contributed by atoms with Crippen molar-refractivity contribution < 1.29 is 9.59 Å². The Morgan fingerprint density at radius 2 is 2.03 bits per heavy atom. The van der Waals surface area contributed by atoms with Crippen LogP contribution in [0.1, 0.15) is 50.9 Å². The number of hydrogen-bond acceptors (Lipinski definition) is 5. The van der Waals surface area contributed by atoms with Gasteiger partial charge in [0.25, 0.3) is 0 Å². The molecular formula is C21H29N5O2S. The van der Waals surface area contributed by atoms with E-state index >= 15 is 0 Å². The van der Waals surface area contributed by atoms with Gasteiger partial charge in [-0.25, -0.2) is 0 Å². The quantitative estimate of drug-likeness (QED) is 0.646. The van der Waals surface area contributed by atoms with Crippen LogP contribution in [0.5, 0.6) is 0 Å². The van der Waals surface area contributed by atoms with Gasteiger partial charge in [0.1, 0.15) is 5.82 Å². The van der Waals surface area contributed by atoms with Gasteiger partial charge in [-0.1, -0.05) is 36.7 Å². The van der Waals surface area contributed by atoms with Gasteiger partial charge in [-0.3, -0.25) is 9.59 Å². The Labute approximate surface area is 176 Å². The molecule has 1 heterocycles. The van der Waals surface area contributed by atoms with Crippen molar-refractivity contribution in [2.75, 3.05) is 5.32 Å². The van der Waals surface area contributed by atoms with Gasteiger partial charge in [-0.05, 0) is 51.3 Å². The average molecular weight is 416 g/mol. The summed E-state index contributed by atoms with van der Waals surface area (Å²) < 4.78 is 1.90. The highest BCUT2D eigenvalue weighted by atomic mass is 32.2. The Hall–Kier alpha value is -2.35. The van der Waals surface area contributed by atoms with Crippen molar-refractivity contribution in [3.63, 3.8) is 0 Å². The van der Waals surface area contributed by atoms with Crippen LogP contribution in [0.2, 0.25) is 0 Å². The van der Waals surface area contributed by atoms with Crippen LogP contribution in [0.15, 0.2) is 29.4 Å². The van der Waals surface area contributed by atoms with Crippen molar-refractivity contribution in [2.45, 2.75) is 75.9 Å². The third-order valence-electron chi connectivity index (χ3n) is 5.08. The first-order valence-electron chi connectivity index (χ1n) is 10.2. The lowest BCUT2D eigenvalue weighted by molar-refractivity contribution is -0.121. The van der Waals surface area contributed by atoms with Gasteiger partial charge in [-0.15, -0.1) is 10.2 Å². The normalized spacial score (nSPS) is 15.3. The second-order valence-electron chi connectivity index (χ2n) is 7.49. The van der Waals surface area contributed by atoms with Crippen LogP contribution in [0.25, 0.3) is 0 Å². The van der Waals surface area contributed by atoms with Crippen LogP contribution in [0.3, 0.4) is 0 Å². The molecule has 1 saturated carbocycles. The lowest BCUT2D eigenvalue weighted by atomic mass is 10.2. The molecule has 29 heavy (non-hydrogen) atoms. The molecule has 1 fully saturated rings. The Kier molecular flexibility index (Phi) is 7.30. The SMILES string of the molecule is CCn1c(CC(=O)Nc2cccc(C)c2)nnc1S[C@@H](C)C(=O)NC1CCCC1. The number of carbonyl (C=O) groups is 2. The van der Waals surface area contributed by atoms with Gasteiger partial charge in [0.2, 0.25) is 11.8 Å². The minimum absolute atomic E-state index is 0.0336. The number of amides is 2. The molecule has 0 unspecified atom stereocenters. The van der Waals surface area contributed by atoms with Crippen molar-refractivity contribution in [3.05, 3.63) is 35.7 Å². The second kappa shape index (κ2) is 9.91. The van der Waals surface area contributed by atoms with Crippen molar-refractivity contribution in [1.29, 1.82) is 0 Å². The van der Waals surface area contributed by atoms with E-state index in [1.54, 1.807) is 0 Å². The molecule has 7 nitrogen and oxygen atoms in total. The maximum atomic E-state index is 12.5. The zero-order chi connectivity index (χ0) is 20.8. The molecule has 2 aromatic rings. The van der Waals surface area contributed by atoms with Crippen molar-refractivity contribution in [3.8, 4) is 0 Å². The van der Waals surface area contributed by atoms with E-state index in [0.717, 1.165) is 24.1 Å². The number of nitrogens with zero attached hydrogens (tertiary/aromatic N) is 3. The Morgan fingerprint density at radius 1 is 1.28 bits per heavy atom. The first-order valence-corrected chi connectivity index (χ1v) is 11.1. The molecule has 3 rings (SSSR count). The van der Waals surface area contributed by atoms with Gasteiger partial charge >= 0.3 is 0 Å². The highest BCUT2D eigenvalue weighted by Gasteiger charge is 2.24. The lowest BCUT2D eigenvalue weighted by Crippen LogP contribution is -2.37. The Balaban J connectivity index is 1.60. The predicted octanol–water partition coefficient (Wildman–Crippen LogP) is 3.33. The van der Waals surface area contributed by atoms with Crippen molar-refractivity contribution in [2.24, 2.45) is 0 Å². The molecule has 1 aliphatic rings. The van der Waals surface area contributed by atoms with Gasteiger partial charge in [0, 0.05) is 18.3 Å². The molecule has 2 N–H and O–H groups in total. The summed E-state index contributed by atoms with van der Waals surface area (Å²) in [5.41, 5.74) is 1.85. The standard InChI is InChI=1S/C21H29N5O2S/c1-4-26-18(13-19(27)22-17-11-7-8-14(2)12-17)24-25-21(26)29-15(3)20(28)23-16-9-5-6-10-16/h7-8,11-12,15-16H,4-6,9-10,13H2,1-3H3,(H,22,27)(H,23,28)/t15-/m0/s1. The number of rotatable bonds is 8. The number of carbonyl (C=O) groups excluding carboxylic acids is 2. The number of nitrogens with one attached hydrogen (secondary N) is 2. The van der Waals surface area contributed by atoms with E-state index < -0.39 is 0 Å². The summed E-state index contributed by atoms with van der Waals surface area (Å²) in [4.78, 5) is 24.9.